The Kier molecular flexibility index (Phi) is 3.79. The van der Waals surface area contributed by atoms with Crippen molar-refractivity contribution in [3.05, 3.63) is 53.2 Å². The standard InChI is InChI=1S/C17H19NO/c1-11(2)14-5-7-15(8-6-14)17-10-9-16(13(4)19)12(3)18-17/h5-11H,1-4H3. The van der Waals surface area contributed by atoms with E-state index in [2.05, 4.69) is 43.1 Å². The molecule has 0 N–H and O–H groups in total. The van der Waals surface area contributed by atoms with Crippen LogP contribution in [0.5, 0.6) is 0 Å². The van der Waals surface area contributed by atoms with Crippen molar-refractivity contribution in [2.24, 2.45) is 0 Å². The van der Waals surface area contributed by atoms with Gasteiger partial charge in [-0.3, -0.25) is 9.78 Å². The van der Waals surface area contributed by atoms with Crippen LogP contribution in [0.3, 0.4) is 0 Å². The molecule has 2 heteroatoms. The molecule has 2 nitrogen and oxygen atoms in total. The average molecular weight is 253 g/mol. The highest BCUT2D eigenvalue weighted by molar-refractivity contribution is 5.95. The first kappa shape index (κ1) is 13.5. The first-order valence-electron chi connectivity index (χ1n) is 6.58. The van der Waals surface area contributed by atoms with Crippen LogP contribution < -0.4 is 0 Å². The van der Waals surface area contributed by atoms with E-state index >= 15 is 0 Å². The molecular formula is C17H19NO. The molecule has 0 bridgehead atoms. The normalized spacial score (nSPS) is 10.8. The molecule has 0 radical (unpaired) electrons. The van der Waals surface area contributed by atoms with E-state index < -0.39 is 0 Å². The van der Waals surface area contributed by atoms with Crippen LogP contribution in [0.2, 0.25) is 0 Å². The second kappa shape index (κ2) is 5.35. The largest absolute Gasteiger partial charge is 0.294 e. The minimum Gasteiger partial charge on any atom is -0.294 e. The number of hydrogen-bond acceptors (Lipinski definition) is 2. The van der Waals surface area contributed by atoms with Gasteiger partial charge in [0.25, 0.3) is 0 Å². The zero-order valence-electron chi connectivity index (χ0n) is 11.9. The minimum absolute atomic E-state index is 0.0618. The molecule has 0 saturated heterocycles. The highest BCUT2D eigenvalue weighted by atomic mass is 16.1. The van der Waals surface area contributed by atoms with Gasteiger partial charge in [-0.1, -0.05) is 38.1 Å². The van der Waals surface area contributed by atoms with Gasteiger partial charge in [-0.25, -0.2) is 0 Å². The van der Waals surface area contributed by atoms with E-state index in [4.69, 9.17) is 0 Å². The Morgan fingerprint density at radius 2 is 1.68 bits per heavy atom. The molecule has 98 valence electrons. The van der Waals surface area contributed by atoms with Crippen LogP contribution in [0, 0.1) is 6.92 Å². The number of rotatable bonds is 3. The van der Waals surface area contributed by atoms with Gasteiger partial charge in [0.05, 0.1) is 5.69 Å². The molecule has 0 saturated carbocycles. The molecule has 0 aliphatic carbocycles. The molecule has 2 aromatic rings. The van der Waals surface area contributed by atoms with Crippen molar-refractivity contribution >= 4 is 5.78 Å². The molecule has 19 heavy (non-hydrogen) atoms. The van der Waals surface area contributed by atoms with Crippen LogP contribution >= 0.6 is 0 Å². The summed E-state index contributed by atoms with van der Waals surface area (Å²) >= 11 is 0. The molecule has 0 aliphatic heterocycles. The van der Waals surface area contributed by atoms with Gasteiger partial charge in [0.1, 0.15) is 0 Å². The van der Waals surface area contributed by atoms with E-state index in [1.54, 1.807) is 6.92 Å². The Labute approximate surface area is 114 Å². The maximum atomic E-state index is 11.4. The molecular weight excluding hydrogens is 234 g/mol. The zero-order chi connectivity index (χ0) is 14.0. The first-order chi connectivity index (χ1) is 8.99. The van der Waals surface area contributed by atoms with Crippen molar-refractivity contribution in [3.8, 4) is 11.3 Å². The van der Waals surface area contributed by atoms with Gasteiger partial charge in [0.2, 0.25) is 0 Å². The minimum atomic E-state index is 0.0618. The summed E-state index contributed by atoms with van der Waals surface area (Å²) in [7, 11) is 0. The zero-order valence-corrected chi connectivity index (χ0v) is 11.9. The van der Waals surface area contributed by atoms with Gasteiger partial charge >= 0.3 is 0 Å². The van der Waals surface area contributed by atoms with E-state index in [9.17, 15) is 4.79 Å². The van der Waals surface area contributed by atoms with E-state index in [0.717, 1.165) is 17.0 Å². The number of nitrogens with zero attached hydrogens (tertiary/aromatic N) is 1. The number of carbonyl (C=O) groups excluding carboxylic acids is 1. The molecule has 1 aromatic carbocycles. The summed E-state index contributed by atoms with van der Waals surface area (Å²) in [6.45, 7) is 7.81. The van der Waals surface area contributed by atoms with E-state index in [1.165, 1.54) is 5.56 Å². The molecule has 1 aromatic heterocycles. The van der Waals surface area contributed by atoms with E-state index in [-0.39, 0.29) is 5.78 Å². The van der Waals surface area contributed by atoms with Crippen molar-refractivity contribution in [2.75, 3.05) is 0 Å². The second-order valence-electron chi connectivity index (χ2n) is 5.16. The Hall–Kier alpha value is -1.96. The lowest BCUT2D eigenvalue weighted by Gasteiger charge is -2.08. The maximum absolute atomic E-state index is 11.4. The molecule has 0 fully saturated rings. The average Bonchev–Trinajstić information content (AvgIpc) is 2.38. The number of pyridine rings is 1. The Morgan fingerprint density at radius 1 is 1.05 bits per heavy atom. The van der Waals surface area contributed by atoms with Gasteiger partial charge in [-0.05, 0) is 37.5 Å². The van der Waals surface area contributed by atoms with E-state index in [0.29, 0.717) is 11.5 Å². The van der Waals surface area contributed by atoms with Gasteiger partial charge in [0, 0.05) is 16.8 Å². The topological polar surface area (TPSA) is 30.0 Å². The van der Waals surface area contributed by atoms with Crippen molar-refractivity contribution in [3.63, 3.8) is 0 Å². The molecule has 0 atom stereocenters. The quantitative estimate of drug-likeness (QED) is 0.760. The SMILES string of the molecule is CC(=O)c1ccc(-c2ccc(C(C)C)cc2)nc1C. The summed E-state index contributed by atoms with van der Waals surface area (Å²) in [4.78, 5) is 15.9. The molecule has 1 heterocycles. The number of aromatic nitrogens is 1. The first-order valence-corrected chi connectivity index (χ1v) is 6.58. The van der Waals surface area contributed by atoms with Crippen molar-refractivity contribution in [1.29, 1.82) is 0 Å². The lowest BCUT2D eigenvalue weighted by molar-refractivity contribution is 0.101. The lowest BCUT2D eigenvalue weighted by Crippen LogP contribution is -1.99. The third-order valence-corrected chi connectivity index (χ3v) is 3.34. The third kappa shape index (κ3) is 2.90. The lowest BCUT2D eigenvalue weighted by atomic mass is 10.00. The molecule has 0 amide bonds. The summed E-state index contributed by atoms with van der Waals surface area (Å²) in [5, 5.41) is 0. The molecule has 0 unspecified atom stereocenters. The number of ketones is 1. The number of carbonyl (C=O) groups is 1. The monoisotopic (exact) mass is 253 g/mol. The van der Waals surface area contributed by atoms with Crippen LogP contribution in [-0.2, 0) is 0 Å². The highest BCUT2D eigenvalue weighted by Crippen LogP contribution is 2.22. The maximum Gasteiger partial charge on any atom is 0.161 e. The third-order valence-electron chi connectivity index (χ3n) is 3.34. The fraction of sp³-hybridized carbons (Fsp3) is 0.294. The Morgan fingerprint density at radius 3 is 2.16 bits per heavy atom. The predicted octanol–water partition coefficient (Wildman–Crippen LogP) is 4.38. The highest BCUT2D eigenvalue weighted by Gasteiger charge is 2.07. The number of aryl methyl sites for hydroxylation is 1. The molecule has 2 rings (SSSR count). The van der Waals surface area contributed by atoms with Crippen LogP contribution in [0.15, 0.2) is 36.4 Å². The second-order valence-corrected chi connectivity index (χ2v) is 5.16. The smallest absolute Gasteiger partial charge is 0.161 e. The Bertz CT molecular complexity index is 597. The Balaban J connectivity index is 2.37. The fourth-order valence-electron chi connectivity index (χ4n) is 2.13. The van der Waals surface area contributed by atoms with Gasteiger partial charge in [-0.15, -0.1) is 0 Å². The fourth-order valence-corrected chi connectivity index (χ4v) is 2.13. The summed E-state index contributed by atoms with van der Waals surface area (Å²) in [5.74, 6) is 0.593. The van der Waals surface area contributed by atoms with Crippen LogP contribution in [0.4, 0.5) is 0 Å². The predicted molar refractivity (Wildman–Crippen MR) is 78.5 cm³/mol. The van der Waals surface area contributed by atoms with Gasteiger partial charge in [-0.2, -0.15) is 0 Å². The summed E-state index contributed by atoms with van der Waals surface area (Å²) < 4.78 is 0. The number of hydrogen-bond donors (Lipinski definition) is 0. The summed E-state index contributed by atoms with van der Waals surface area (Å²) in [6.07, 6.45) is 0. The summed E-state index contributed by atoms with van der Waals surface area (Å²) in [6, 6.07) is 12.2. The van der Waals surface area contributed by atoms with Crippen LogP contribution in [0.1, 0.15) is 48.3 Å². The number of Topliss-reactive ketones (excluding diaryl/α,β-unsaturated/α-hetero) is 1. The molecule has 0 spiro atoms. The van der Waals surface area contributed by atoms with Crippen LogP contribution in [-0.4, -0.2) is 10.8 Å². The van der Waals surface area contributed by atoms with Crippen LogP contribution in [0.25, 0.3) is 11.3 Å². The number of benzene rings is 1. The van der Waals surface area contributed by atoms with Gasteiger partial charge < -0.3 is 0 Å². The molecule has 0 aliphatic rings. The van der Waals surface area contributed by atoms with Crippen molar-refractivity contribution in [1.82, 2.24) is 4.98 Å². The van der Waals surface area contributed by atoms with E-state index in [1.807, 2.05) is 19.1 Å². The van der Waals surface area contributed by atoms with Gasteiger partial charge in [0.15, 0.2) is 5.78 Å². The van der Waals surface area contributed by atoms with Crippen molar-refractivity contribution in [2.45, 2.75) is 33.6 Å². The van der Waals surface area contributed by atoms with Crippen molar-refractivity contribution < 1.29 is 4.79 Å². The summed E-state index contributed by atoms with van der Waals surface area (Å²) in [5.41, 5.74) is 4.81.